The van der Waals surface area contributed by atoms with E-state index in [9.17, 15) is 21.6 Å². The first-order chi connectivity index (χ1) is 11.2. The second-order valence-electron chi connectivity index (χ2n) is 5.63. The van der Waals surface area contributed by atoms with Crippen molar-refractivity contribution in [3.05, 3.63) is 29.8 Å². The molecule has 0 radical (unpaired) electrons. The standard InChI is InChI=1S/C16H23F3O4S/c17-16(18,19)14-8-10-15(11-9-14)23-12-6-4-2-1-3-5-7-13-24(20,21)22/h8-11H,1-7,12-13H2,(H,20,21,22). The third-order valence-corrected chi connectivity index (χ3v) is 4.30. The molecular weight excluding hydrogens is 345 g/mol. The molecule has 0 spiro atoms. The molecule has 0 saturated heterocycles. The Balaban J connectivity index is 2.02. The van der Waals surface area contributed by atoms with E-state index in [1.54, 1.807) is 0 Å². The summed E-state index contributed by atoms with van der Waals surface area (Å²) in [5.74, 6) is 0.238. The maximum atomic E-state index is 12.4. The van der Waals surface area contributed by atoms with Crippen molar-refractivity contribution in [2.24, 2.45) is 0 Å². The van der Waals surface area contributed by atoms with E-state index in [4.69, 9.17) is 9.29 Å². The molecule has 1 aromatic rings. The number of hydrogen-bond donors (Lipinski definition) is 1. The highest BCUT2D eigenvalue weighted by atomic mass is 32.2. The van der Waals surface area contributed by atoms with Crippen LogP contribution < -0.4 is 4.74 Å². The summed E-state index contributed by atoms with van der Waals surface area (Å²) >= 11 is 0. The third-order valence-electron chi connectivity index (χ3n) is 3.50. The van der Waals surface area contributed by atoms with Gasteiger partial charge in [-0.05, 0) is 37.1 Å². The number of ether oxygens (including phenoxy) is 1. The zero-order valence-corrected chi connectivity index (χ0v) is 14.2. The van der Waals surface area contributed by atoms with E-state index in [-0.39, 0.29) is 5.75 Å². The first-order valence-corrected chi connectivity index (χ1v) is 9.54. The molecule has 1 rings (SSSR count). The molecule has 0 aliphatic rings. The molecule has 0 amide bonds. The molecule has 0 aliphatic carbocycles. The number of benzene rings is 1. The SMILES string of the molecule is O=S(=O)(O)CCCCCCCCCOc1ccc(C(F)(F)F)cc1. The maximum Gasteiger partial charge on any atom is 0.416 e. The minimum Gasteiger partial charge on any atom is -0.494 e. The van der Waals surface area contributed by atoms with Crippen molar-refractivity contribution in [3.8, 4) is 5.75 Å². The van der Waals surface area contributed by atoms with Gasteiger partial charge in [0.15, 0.2) is 0 Å². The summed E-state index contributed by atoms with van der Waals surface area (Å²) in [5, 5.41) is 0. The summed E-state index contributed by atoms with van der Waals surface area (Å²) in [5.41, 5.74) is -0.691. The largest absolute Gasteiger partial charge is 0.494 e. The van der Waals surface area contributed by atoms with Gasteiger partial charge in [0, 0.05) is 0 Å². The van der Waals surface area contributed by atoms with Gasteiger partial charge in [0.2, 0.25) is 0 Å². The third kappa shape index (κ3) is 9.77. The minimum absolute atomic E-state index is 0.187. The van der Waals surface area contributed by atoms with Crippen molar-refractivity contribution in [1.82, 2.24) is 0 Å². The molecule has 24 heavy (non-hydrogen) atoms. The van der Waals surface area contributed by atoms with Gasteiger partial charge >= 0.3 is 6.18 Å². The molecule has 0 saturated carbocycles. The predicted molar refractivity (Wildman–Crippen MR) is 85.7 cm³/mol. The molecule has 0 atom stereocenters. The summed E-state index contributed by atoms with van der Waals surface area (Å²) in [6.07, 6.45) is 1.53. The van der Waals surface area contributed by atoms with E-state index in [0.717, 1.165) is 50.7 Å². The Morgan fingerprint density at radius 3 is 1.88 bits per heavy atom. The van der Waals surface area contributed by atoms with Gasteiger partial charge in [-0.1, -0.05) is 32.1 Å². The number of halogens is 3. The quantitative estimate of drug-likeness (QED) is 0.454. The van der Waals surface area contributed by atoms with Crippen molar-refractivity contribution in [2.75, 3.05) is 12.4 Å². The normalized spacial score (nSPS) is 12.3. The van der Waals surface area contributed by atoms with Crippen molar-refractivity contribution < 1.29 is 30.9 Å². The summed E-state index contributed by atoms with van der Waals surface area (Å²) in [6, 6.07) is 4.64. The van der Waals surface area contributed by atoms with Crippen molar-refractivity contribution in [3.63, 3.8) is 0 Å². The second kappa shape index (κ2) is 9.88. The highest BCUT2D eigenvalue weighted by molar-refractivity contribution is 7.85. The monoisotopic (exact) mass is 368 g/mol. The van der Waals surface area contributed by atoms with Crippen LogP contribution in [0.4, 0.5) is 13.2 Å². The lowest BCUT2D eigenvalue weighted by Crippen LogP contribution is -2.04. The van der Waals surface area contributed by atoms with Crippen molar-refractivity contribution >= 4 is 10.1 Å². The van der Waals surface area contributed by atoms with Crippen LogP contribution in [-0.2, 0) is 16.3 Å². The van der Waals surface area contributed by atoms with Crippen LogP contribution in [0.1, 0.15) is 50.5 Å². The van der Waals surface area contributed by atoms with Gasteiger partial charge in [-0.15, -0.1) is 0 Å². The Hall–Kier alpha value is -1.28. The van der Waals surface area contributed by atoms with E-state index >= 15 is 0 Å². The molecule has 0 bridgehead atoms. The summed E-state index contributed by atoms with van der Waals surface area (Å²) < 4.78 is 72.2. The van der Waals surface area contributed by atoms with Crippen LogP contribution in [-0.4, -0.2) is 25.3 Å². The molecule has 8 heteroatoms. The van der Waals surface area contributed by atoms with Crippen molar-refractivity contribution in [2.45, 2.75) is 51.1 Å². The number of rotatable bonds is 11. The second-order valence-corrected chi connectivity index (χ2v) is 7.20. The zero-order valence-electron chi connectivity index (χ0n) is 13.4. The highest BCUT2D eigenvalue weighted by Gasteiger charge is 2.29. The lowest BCUT2D eigenvalue weighted by Gasteiger charge is -2.09. The molecule has 0 heterocycles. The van der Waals surface area contributed by atoms with Crippen LogP contribution in [0.3, 0.4) is 0 Å². The van der Waals surface area contributed by atoms with E-state index in [1.165, 1.54) is 12.1 Å². The minimum atomic E-state index is -4.33. The fourth-order valence-electron chi connectivity index (χ4n) is 2.20. The van der Waals surface area contributed by atoms with Crippen LogP contribution >= 0.6 is 0 Å². The maximum absolute atomic E-state index is 12.4. The molecule has 138 valence electrons. The number of hydrogen-bond acceptors (Lipinski definition) is 3. The highest BCUT2D eigenvalue weighted by Crippen LogP contribution is 2.30. The smallest absolute Gasteiger partial charge is 0.416 e. The Kier molecular flexibility index (Phi) is 8.55. The van der Waals surface area contributed by atoms with Gasteiger partial charge in [-0.25, -0.2) is 0 Å². The molecule has 4 nitrogen and oxygen atoms in total. The fraction of sp³-hybridized carbons (Fsp3) is 0.625. The Morgan fingerprint density at radius 1 is 0.875 bits per heavy atom. The van der Waals surface area contributed by atoms with Crippen LogP contribution in [0.5, 0.6) is 5.75 Å². The van der Waals surface area contributed by atoms with Crippen molar-refractivity contribution in [1.29, 1.82) is 0 Å². The van der Waals surface area contributed by atoms with Gasteiger partial charge < -0.3 is 4.74 Å². The van der Waals surface area contributed by atoms with Gasteiger partial charge in [-0.3, -0.25) is 4.55 Å². The summed E-state index contributed by atoms with van der Waals surface area (Å²) in [7, 11) is -3.85. The van der Waals surface area contributed by atoms with Crippen LogP contribution in [0.25, 0.3) is 0 Å². The summed E-state index contributed by atoms with van der Waals surface area (Å²) in [4.78, 5) is 0. The van der Waals surface area contributed by atoms with Gasteiger partial charge in [0.25, 0.3) is 10.1 Å². The van der Waals surface area contributed by atoms with Gasteiger partial charge in [0.1, 0.15) is 5.75 Å². The average Bonchev–Trinajstić information content (AvgIpc) is 2.47. The Morgan fingerprint density at radius 2 is 1.38 bits per heavy atom. The van der Waals surface area contributed by atoms with E-state index in [1.807, 2.05) is 0 Å². The van der Waals surface area contributed by atoms with Gasteiger partial charge in [0.05, 0.1) is 17.9 Å². The molecule has 0 aliphatic heterocycles. The molecule has 0 unspecified atom stereocenters. The van der Waals surface area contributed by atoms with Crippen LogP contribution in [0.2, 0.25) is 0 Å². The molecule has 0 aromatic heterocycles. The first kappa shape index (κ1) is 20.8. The van der Waals surface area contributed by atoms with Gasteiger partial charge in [-0.2, -0.15) is 21.6 Å². The van der Waals surface area contributed by atoms with E-state index in [0.29, 0.717) is 18.8 Å². The lowest BCUT2D eigenvalue weighted by atomic mass is 10.1. The molecular formula is C16H23F3O4S. The molecule has 0 fully saturated rings. The van der Waals surface area contributed by atoms with Crippen LogP contribution in [0, 0.1) is 0 Å². The average molecular weight is 368 g/mol. The Bertz CT molecular complexity index is 568. The topological polar surface area (TPSA) is 63.6 Å². The lowest BCUT2D eigenvalue weighted by molar-refractivity contribution is -0.137. The summed E-state index contributed by atoms with van der Waals surface area (Å²) in [6.45, 7) is 0.453. The Labute approximate surface area is 140 Å². The predicted octanol–water partition coefficient (Wildman–Crippen LogP) is 4.70. The fourth-order valence-corrected chi connectivity index (χ4v) is 2.77. The van der Waals surface area contributed by atoms with E-state index < -0.39 is 21.9 Å². The molecule has 1 N–H and O–H groups in total. The first-order valence-electron chi connectivity index (χ1n) is 7.94. The molecule has 1 aromatic carbocycles. The zero-order chi connectivity index (χ0) is 18.1. The number of alkyl halides is 3. The van der Waals surface area contributed by atoms with E-state index in [2.05, 4.69) is 0 Å². The number of unbranched alkanes of at least 4 members (excludes halogenated alkanes) is 6. The van der Waals surface area contributed by atoms with Crippen LogP contribution in [0.15, 0.2) is 24.3 Å².